The Labute approximate surface area is 109 Å². The van der Waals surface area contributed by atoms with Crippen LogP contribution < -0.4 is 4.74 Å². The maximum absolute atomic E-state index is 10.9. The van der Waals surface area contributed by atoms with Crippen LogP contribution in [0.3, 0.4) is 0 Å². The van der Waals surface area contributed by atoms with Crippen molar-refractivity contribution >= 4 is 17.9 Å². The van der Waals surface area contributed by atoms with E-state index in [1.165, 1.54) is 0 Å². The minimum Gasteiger partial charge on any atom is -0.486 e. The molecule has 4 nitrogen and oxygen atoms in total. The summed E-state index contributed by atoms with van der Waals surface area (Å²) in [6.45, 7) is 3.92. The first-order valence-corrected chi connectivity index (χ1v) is 5.79. The Morgan fingerprint density at radius 1 is 1.44 bits per heavy atom. The predicted molar refractivity (Wildman–Crippen MR) is 67.1 cm³/mol. The van der Waals surface area contributed by atoms with Crippen molar-refractivity contribution < 1.29 is 14.1 Å². The van der Waals surface area contributed by atoms with Crippen molar-refractivity contribution in [3.63, 3.8) is 0 Å². The van der Waals surface area contributed by atoms with Gasteiger partial charge in [-0.15, -0.1) is 0 Å². The van der Waals surface area contributed by atoms with Crippen molar-refractivity contribution in [2.75, 3.05) is 0 Å². The van der Waals surface area contributed by atoms with E-state index in [1.54, 1.807) is 18.2 Å². The molecule has 0 fully saturated rings. The lowest BCUT2D eigenvalue weighted by Crippen LogP contribution is -2.00. The number of hydrogen-bond acceptors (Lipinski definition) is 4. The van der Waals surface area contributed by atoms with Crippen LogP contribution in [0.5, 0.6) is 5.75 Å². The number of aldehydes is 1. The van der Waals surface area contributed by atoms with E-state index in [-0.39, 0.29) is 6.61 Å². The van der Waals surface area contributed by atoms with E-state index in [1.807, 2.05) is 13.8 Å². The third-order valence-corrected chi connectivity index (χ3v) is 2.96. The fourth-order valence-electron chi connectivity index (χ4n) is 1.62. The van der Waals surface area contributed by atoms with Crippen LogP contribution in [0.4, 0.5) is 0 Å². The molecule has 0 atom stereocenters. The van der Waals surface area contributed by atoms with Crippen molar-refractivity contribution in [2.24, 2.45) is 0 Å². The number of rotatable bonds is 4. The lowest BCUT2D eigenvalue weighted by molar-refractivity contribution is 0.111. The number of para-hydroxylation sites is 1. The third-order valence-electron chi connectivity index (χ3n) is 2.67. The highest BCUT2D eigenvalue weighted by atomic mass is 35.5. The molecule has 0 radical (unpaired) electrons. The number of hydrogen-bond donors (Lipinski definition) is 0. The molecular weight excluding hydrogens is 254 g/mol. The Balaban J connectivity index is 2.23. The Kier molecular flexibility index (Phi) is 3.67. The highest BCUT2D eigenvalue weighted by Crippen LogP contribution is 2.28. The lowest BCUT2D eigenvalue weighted by atomic mass is 10.2. The van der Waals surface area contributed by atoms with Gasteiger partial charge in [0.25, 0.3) is 0 Å². The number of benzene rings is 1. The predicted octanol–water partition coefficient (Wildman–Crippen LogP) is 3.34. The van der Waals surface area contributed by atoms with E-state index < -0.39 is 0 Å². The Bertz CT molecular complexity index is 558. The van der Waals surface area contributed by atoms with Gasteiger partial charge in [0.05, 0.1) is 21.8 Å². The van der Waals surface area contributed by atoms with Gasteiger partial charge in [-0.1, -0.05) is 22.8 Å². The SMILES string of the molecule is Cc1noc(C)c1COc1c(Cl)cccc1C=O. The van der Waals surface area contributed by atoms with Gasteiger partial charge in [-0.05, 0) is 26.0 Å². The van der Waals surface area contributed by atoms with Gasteiger partial charge >= 0.3 is 0 Å². The molecule has 0 spiro atoms. The summed E-state index contributed by atoms with van der Waals surface area (Å²) in [7, 11) is 0. The van der Waals surface area contributed by atoms with Crippen LogP contribution in [-0.4, -0.2) is 11.4 Å². The standard InChI is InChI=1S/C13H12ClNO3/c1-8-11(9(2)18-15-8)7-17-13-10(6-16)4-3-5-12(13)14/h3-6H,7H2,1-2H3. The molecular formula is C13H12ClNO3. The summed E-state index contributed by atoms with van der Waals surface area (Å²) in [4.78, 5) is 10.9. The molecule has 1 aromatic heterocycles. The van der Waals surface area contributed by atoms with E-state index in [0.717, 1.165) is 11.3 Å². The van der Waals surface area contributed by atoms with Gasteiger partial charge in [0.2, 0.25) is 0 Å². The molecule has 0 N–H and O–H groups in total. The van der Waals surface area contributed by atoms with E-state index in [2.05, 4.69) is 5.16 Å². The minimum atomic E-state index is 0.270. The van der Waals surface area contributed by atoms with Crippen LogP contribution in [0.1, 0.15) is 27.4 Å². The molecule has 0 saturated carbocycles. The first-order chi connectivity index (χ1) is 8.63. The maximum atomic E-state index is 10.9. The molecule has 2 rings (SSSR count). The monoisotopic (exact) mass is 265 g/mol. The average molecular weight is 266 g/mol. The number of ether oxygens (including phenoxy) is 1. The number of nitrogens with zero attached hydrogens (tertiary/aromatic N) is 1. The first kappa shape index (κ1) is 12.6. The smallest absolute Gasteiger partial charge is 0.153 e. The number of carbonyl (C=O) groups is 1. The van der Waals surface area contributed by atoms with Crippen molar-refractivity contribution in [3.8, 4) is 5.75 Å². The normalized spacial score (nSPS) is 10.4. The van der Waals surface area contributed by atoms with Crippen LogP contribution in [0.15, 0.2) is 22.7 Å². The van der Waals surface area contributed by atoms with E-state index in [4.69, 9.17) is 20.9 Å². The van der Waals surface area contributed by atoms with Crippen molar-refractivity contribution in [1.82, 2.24) is 5.16 Å². The summed E-state index contributed by atoms with van der Waals surface area (Å²) in [5, 5.41) is 4.24. The van der Waals surface area contributed by atoms with Crippen molar-refractivity contribution in [1.29, 1.82) is 0 Å². The third kappa shape index (κ3) is 2.38. The molecule has 2 aromatic rings. The highest BCUT2D eigenvalue weighted by Gasteiger charge is 2.12. The van der Waals surface area contributed by atoms with Crippen LogP contribution in [0.25, 0.3) is 0 Å². The van der Waals surface area contributed by atoms with E-state index in [0.29, 0.717) is 28.4 Å². The molecule has 0 unspecified atom stereocenters. The zero-order valence-electron chi connectivity index (χ0n) is 10.1. The first-order valence-electron chi connectivity index (χ1n) is 5.41. The van der Waals surface area contributed by atoms with Crippen LogP contribution in [0.2, 0.25) is 5.02 Å². The van der Waals surface area contributed by atoms with Gasteiger partial charge in [-0.25, -0.2) is 0 Å². The Hall–Kier alpha value is -1.81. The molecule has 0 aliphatic heterocycles. The van der Waals surface area contributed by atoms with Gasteiger partial charge in [-0.3, -0.25) is 4.79 Å². The number of aryl methyl sites for hydroxylation is 2. The van der Waals surface area contributed by atoms with E-state index in [9.17, 15) is 4.79 Å². The molecule has 0 bridgehead atoms. The molecule has 5 heteroatoms. The molecule has 1 heterocycles. The largest absolute Gasteiger partial charge is 0.486 e. The van der Waals surface area contributed by atoms with Gasteiger partial charge in [0, 0.05) is 0 Å². The minimum absolute atomic E-state index is 0.270. The fraction of sp³-hybridized carbons (Fsp3) is 0.231. The molecule has 18 heavy (non-hydrogen) atoms. The molecule has 94 valence electrons. The lowest BCUT2D eigenvalue weighted by Gasteiger charge is -2.09. The summed E-state index contributed by atoms with van der Waals surface area (Å²) in [6, 6.07) is 5.04. The fourth-order valence-corrected chi connectivity index (χ4v) is 1.86. The van der Waals surface area contributed by atoms with Crippen LogP contribution in [0, 0.1) is 13.8 Å². The maximum Gasteiger partial charge on any atom is 0.153 e. The summed E-state index contributed by atoms with van der Waals surface area (Å²) >= 11 is 6.00. The van der Waals surface area contributed by atoms with Crippen LogP contribution in [-0.2, 0) is 6.61 Å². The highest BCUT2D eigenvalue weighted by molar-refractivity contribution is 6.32. The summed E-state index contributed by atoms with van der Waals surface area (Å²) in [5.41, 5.74) is 2.06. The number of carbonyl (C=O) groups excluding carboxylic acids is 1. The molecule has 0 amide bonds. The summed E-state index contributed by atoms with van der Waals surface area (Å²) < 4.78 is 10.6. The number of halogens is 1. The second-order valence-electron chi connectivity index (χ2n) is 3.87. The number of aromatic nitrogens is 1. The van der Waals surface area contributed by atoms with Crippen molar-refractivity contribution in [2.45, 2.75) is 20.5 Å². The topological polar surface area (TPSA) is 52.3 Å². The Morgan fingerprint density at radius 3 is 2.83 bits per heavy atom. The van der Waals surface area contributed by atoms with E-state index >= 15 is 0 Å². The van der Waals surface area contributed by atoms with Gasteiger partial charge < -0.3 is 9.26 Å². The second-order valence-corrected chi connectivity index (χ2v) is 4.27. The zero-order chi connectivity index (χ0) is 13.1. The van der Waals surface area contributed by atoms with Crippen molar-refractivity contribution in [3.05, 3.63) is 45.8 Å². The molecule has 0 aliphatic rings. The molecule has 1 aromatic carbocycles. The summed E-state index contributed by atoms with van der Waals surface area (Å²) in [5.74, 6) is 1.08. The average Bonchev–Trinajstić information content (AvgIpc) is 2.68. The zero-order valence-corrected chi connectivity index (χ0v) is 10.8. The molecule has 0 saturated heterocycles. The van der Waals surface area contributed by atoms with Gasteiger partial charge in [0.15, 0.2) is 6.29 Å². The Morgan fingerprint density at radius 2 is 2.22 bits per heavy atom. The van der Waals surface area contributed by atoms with Gasteiger partial charge in [0.1, 0.15) is 18.1 Å². The summed E-state index contributed by atoms with van der Waals surface area (Å²) in [6.07, 6.45) is 0.717. The second kappa shape index (κ2) is 5.23. The van der Waals surface area contributed by atoms with Crippen LogP contribution >= 0.6 is 11.6 Å². The van der Waals surface area contributed by atoms with Gasteiger partial charge in [-0.2, -0.15) is 0 Å². The quantitative estimate of drug-likeness (QED) is 0.796. The molecule has 0 aliphatic carbocycles.